The molecule has 9 heteroatoms. The standard InChI is InChI=1S/C21H19N5O3S/c1-13-5-3-4-6-16(13)20-23-17-11-18(27)25-26(17)21(24-20)30-12-19(28)22-14-7-9-15(29-2)10-8-14/h3-11H,12H2,1-2H3,(H,22,28)(H,25,27). The molecule has 1 amide bonds. The first-order valence-electron chi connectivity index (χ1n) is 9.16. The van der Waals surface area contributed by atoms with Crippen molar-refractivity contribution in [3.05, 3.63) is 70.5 Å². The van der Waals surface area contributed by atoms with E-state index in [9.17, 15) is 9.59 Å². The molecule has 0 aliphatic carbocycles. The number of methoxy groups -OCH3 is 1. The van der Waals surface area contributed by atoms with Crippen LogP contribution in [0.2, 0.25) is 0 Å². The molecule has 0 unspecified atom stereocenters. The van der Waals surface area contributed by atoms with Crippen molar-refractivity contribution in [2.75, 3.05) is 18.2 Å². The molecule has 2 N–H and O–H groups in total. The number of anilines is 1. The average Bonchev–Trinajstić information content (AvgIpc) is 3.13. The van der Waals surface area contributed by atoms with Gasteiger partial charge in [0.25, 0.3) is 5.56 Å². The van der Waals surface area contributed by atoms with E-state index in [1.165, 1.54) is 22.3 Å². The second kappa shape index (κ2) is 8.42. The van der Waals surface area contributed by atoms with Crippen LogP contribution in [0.15, 0.2) is 64.5 Å². The van der Waals surface area contributed by atoms with Gasteiger partial charge in [-0.1, -0.05) is 36.0 Å². The molecule has 30 heavy (non-hydrogen) atoms. The van der Waals surface area contributed by atoms with Crippen LogP contribution in [0.1, 0.15) is 5.56 Å². The molecule has 2 aromatic carbocycles. The highest BCUT2D eigenvalue weighted by Gasteiger charge is 2.14. The number of amides is 1. The molecule has 152 valence electrons. The van der Waals surface area contributed by atoms with Crippen LogP contribution in [-0.2, 0) is 4.79 Å². The second-order valence-corrected chi connectivity index (χ2v) is 7.47. The van der Waals surface area contributed by atoms with Gasteiger partial charge in [0.2, 0.25) is 5.91 Å². The predicted molar refractivity (Wildman–Crippen MR) is 116 cm³/mol. The summed E-state index contributed by atoms with van der Waals surface area (Å²) in [5, 5.41) is 5.99. The molecule has 2 heterocycles. The van der Waals surface area contributed by atoms with Gasteiger partial charge < -0.3 is 10.1 Å². The van der Waals surface area contributed by atoms with Gasteiger partial charge in [-0.3, -0.25) is 14.7 Å². The van der Waals surface area contributed by atoms with Crippen molar-refractivity contribution < 1.29 is 9.53 Å². The zero-order valence-corrected chi connectivity index (χ0v) is 17.2. The van der Waals surface area contributed by atoms with Crippen molar-refractivity contribution in [3.8, 4) is 17.1 Å². The van der Waals surface area contributed by atoms with Gasteiger partial charge in [0.05, 0.1) is 12.9 Å². The Morgan fingerprint density at radius 3 is 2.67 bits per heavy atom. The molecule has 4 rings (SSSR count). The first-order chi connectivity index (χ1) is 14.5. The summed E-state index contributed by atoms with van der Waals surface area (Å²) in [7, 11) is 1.59. The Balaban J connectivity index is 1.57. The predicted octanol–water partition coefficient (Wildman–Crippen LogP) is 3.13. The van der Waals surface area contributed by atoms with Gasteiger partial charge in [-0.05, 0) is 36.8 Å². The maximum atomic E-state index is 12.4. The summed E-state index contributed by atoms with van der Waals surface area (Å²) in [6, 6.07) is 16.2. The van der Waals surface area contributed by atoms with Crippen LogP contribution >= 0.6 is 11.8 Å². The first kappa shape index (κ1) is 19.7. The number of fused-ring (bicyclic) bond motifs is 1. The molecule has 0 atom stereocenters. The summed E-state index contributed by atoms with van der Waals surface area (Å²) < 4.78 is 6.61. The Kier molecular flexibility index (Phi) is 5.53. The monoisotopic (exact) mass is 421 g/mol. The normalized spacial score (nSPS) is 10.9. The fourth-order valence-electron chi connectivity index (χ4n) is 2.93. The SMILES string of the molecule is COc1ccc(NC(=O)CSc2nc(-c3ccccc3C)nc3cc(=O)[nH]n23)cc1. The third-order valence-electron chi connectivity index (χ3n) is 4.42. The van der Waals surface area contributed by atoms with E-state index in [0.29, 0.717) is 28.1 Å². The van der Waals surface area contributed by atoms with Crippen molar-refractivity contribution in [3.63, 3.8) is 0 Å². The van der Waals surface area contributed by atoms with Crippen LogP contribution in [0.25, 0.3) is 17.0 Å². The number of ether oxygens (including phenoxy) is 1. The number of carbonyl (C=O) groups excluding carboxylic acids is 1. The van der Waals surface area contributed by atoms with Crippen LogP contribution in [-0.4, -0.2) is 38.4 Å². The number of benzene rings is 2. The number of nitrogens with one attached hydrogen (secondary N) is 2. The maximum Gasteiger partial charge on any atom is 0.266 e. The van der Waals surface area contributed by atoms with E-state index in [0.717, 1.165) is 11.1 Å². The van der Waals surface area contributed by atoms with E-state index in [2.05, 4.69) is 20.4 Å². The average molecular weight is 421 g/mol. The zero-order chi connectivity index (χ0) is 21.1. The van der Waals surface area contributed by atoms with E-state index in [1.807, 2.05) is 31.2 Å². The first-order valence-corrected chi connectivity index (χ1v) is 10.1. The zero-order valence-electron chi connectivity index (χ0n) is 16.4. The number of hydrogen-bond acceptors (Lipinski definition) is 6. The Hall–Kier alpha value is -3.59. The summed E-state index contributed by atoms with van der Waals surface area (Å²) in [5.74, 6) is 1.14. The molecule has 0 saturated carbocycles. The highest BCUT2D eigenvalue weighted by molar-refractivity contribution is 7.99. The number of carbonyl (C=O) groups is 1. The van der Waals surface area contributed by atoms with Crippen LogP contribution in [0.4, 0.5) is 5.69 Å². The van der Waals surface area contributed by atoms with Gasteiger partial charge in [-0.25, -0.2) is 14.5 Å². The molecule has 0 spiro atoms. The Bertz CT molecular complexity index is 1260. The van der Waals surface area contributed by atoms with Crippen LogP contribution in [0.5, 0.6) is 5.75 Å². The number of aromatic amines is 1. The third kappa shape index (κ3) is 4.20. The highest BCUT2D eigenvalue weighted by Crippen LogP contribution is 2.24. The van der Waals surface area contributed by atoms with Crippen LogP contribution in [0, 0.1) is 6.92 Å². The van der Waals surface area contributed by atoms with Crippen molar-refractivity contribution >= 4 is 29.0 Å². The Morgan fingerprint density at radius 2 is 1.93 bits per heavy atom. The molecule has 0 fully saturated rings. The Morgan fingerprint density at radius 1 is 1.17 bits per heavy atom. The fraction of sp³-hybridized carbons (Fsp3) is 0.143. The summed E-state index contributed by atoms with van der Waals surface area (Å²) in [6.45, 7) is 1.97. The van der Waals surface area contributed by atoms with E-state index in [-0.39, 0.29) is 17.2 Å². The molecule has 0 radical (unpaired) electrons. The number of aromatic nitrogens is 4. The molecule has 0 bridgehead atoms. The molecule has 8 nitrogen and oxygen atoms in total. The topological polar surface area (TPSA) is 101 Å². The lowest BCUT2D eigenvalue weighted by molar-refractivity contribution is -0.113. The number of hydrogen-bond donors (Lipinski definition) is 2. The van der Waals surface area contributed by atoms with Crippen molar-refractivity contribution in [2.24, 2.45) is 0 Å². The molecule has 2 aromatic heterocycles. The van der Waals surface area contributed by atoms with E-state index >= 15 is 0 Å². The van der Waals surface area contributed by atoms with Crippen molar-refractivity contribution in [2.45, 2.75) is 12.1 Å². The number of aryl methyl sites for hydroxylation is 1. The van der Waals surface area contributed by atoms with Gasteiger partial charge in [0, 0.05) is 17.3 Å². The summed E-state index contributed by atoms with van der Waals surface area (Å²) in [5.41, 5.74) is 2.73. The summed E-state index contributed by atoms with van der Waals surface area (Å²) in [6.07, 6.45) is 0. The highest BCUT2D eigenvalue weighted by atomic mass is 32.2. The maximum absolute atomic E-state index is 12.4. The molecular formula is C21H19N5O3S. The van der Waals surface area contributed by atoms with Gasteiger partial charge >= 0.3 is 0 Å². The lowest BCUT2D eigenvalue weighted by Crippen LogP contribution is -2.15. The van der Waals surface area contributed by atoms with Crippen LogP contribution in [0.3, 0.4) is 0 Å². The van der Waals surface area contributed by atoms with Crippen molar-refractivity contribution in [1.29, 1.82) is 0 Å². The number of H-pyrrole nitrogens is 1. The minimum atomic E-state index is -0.282. The van der Waals surface area contributed by atoms with Gasteiger partial charge in [0.15, 0.2) is 16.6 Å². The third-order valence-corrected chi connectivity index (χ3v) is 5.36. The number of rotatable bonds is 6. The summed E-state index contributed by atoms with van der Waals surface area (Å²) >= 11 is 1.22. The largest absolute Gasteiger partial charge is 0.497 e. The van der Waals surface area contributed by atoms with Crippen molar-refractivity contribution in [1.82, 2.24) is 19.6 Å². The van der Waals surface area contributed by atoms with Crippen LogP contribution < -0.4 is 15.6 Å². The Labute approximate surface area is 176 Å². The fourth-order valence-corrected chi connectivity index (χ4v) is 3.68. The molecule has 0 saturated heterocycles. The van der Waals surface area contributed by atoms with E-state index in [4.69, 9.17) is 4.74 Å². The quantitative estimate of drug-likeness (QED) is 0.464. The van der Waals surface area contributed by atoms with Gasteiger partial charge in [-0.15, -0.1) is 0 Å². The second-order valence-electron chi connectivity index (χ2n) is 6.52. The molecule has 0 aliphatic rings. The number of thioether (sulfide) groups is 1. The lowest BCUT2D eigenvalue weighted by atomic mass is 10.1. The minimum absolute atomic E-state index is 0.117. The number of nitrogens with zero attached hydrogens (tertiary/aromatic N) is 3. The molecule has 4 aromatic rings. The van der Waals surface area contributed by atoms with Gasteiger partial charge in [-0.2, -0.15) is 0 Å². The minimum Gasteiger partial charge on any atom is -0.497 e. The van der Waals surface area contributed by atoms with E-state index in [1.54, 1.807) is 31.4 Å². The summed E-state index contributed by atoms with van der Waals surface area (Å²) in [4.78, 5) is 33.3. The lowest BCUT2D eigenvalue weighted by Gasteiger charge is -2.09. The van der Waals surface area contributed by atoms with E-state index < -0.39 is 0 Å². The molecular weight excluding hydrogens is 402 g/mol. The smallest absolute Gasteiger partial charge is 0.266 e. The van der Waals surface area contributed by atoms with Gasteiger partial charge in [0.1, 0.15) is 5.75 Å². The molecule has 0 aliphatic heterocycles.